The van der Waals surface area contributed by atoms with Gasteiger partial charge in [-0.25, -0.2) is 17.6 Å². The number of rotatable bonds is 5. The molecule has 0 bridgehead atoms. The second kappa shape index (κ2) is 13.0. The van der Waals surface area contributed by atoms with Crippen LogP contribution >= 0.6 is 0 Å². The molecule has 0 spiro atoms. The first-order valence-corrected chi connectivity index (χ1v) is 15.9. The summed E-state index contributed by atoms with van der Waals surface area (Å²) in [6.07, 6.45) is 4.21. The van der Waals surface area contributed by atoms with Crippen LogP contribution in [0.1, 0.15) is 90.6 Å². The molecule has 3 aromatic carbocycles. The van der Waals surface area contributed by atoms with Crippen molar-refractivity contribution in [3.05, 3.63) is 143 Å². The van der Waals surface area contributed by atoms with Gasteiger partial charge < -0.3 is 0 Å². The molecular weight excluding hydrogens is 591 g/mol. The maximum absolute atomic E-state index is 16.2. The van der Waals surface area contributed by atoms with Gasteiger partial charge in [-0.05, 0) is 174 Å². The molecule has 0 aromatic heterocycles. The van der Waals surface area contributed by atoms with Gasteiger partial charge in [0.25, 0.3) is 0 Å². The Morgan fingerprint density at radius 3 is 1.60 bits per heavy atom. The molecule has 0 nitrogen and oxygen atoms in total. The van der Waals surface area contributed by atoms with E-state index < -0.39 is 28.8 Å². The molecule has 0 amide bonds. The van der Waals surface area contributed by atoms with Crippen LogP contribution in [-0.2, 0) is 0 Å². The third-order valence-electron chi connectivity index (χ3n) is 9.90. The van der Waals surface area contributed by atoms with Crippen LogP contribution in [0.4, 0.5) is 17.6 Å². The maximum Gasteiger partial charge on any atom is 0.169 e. The molecule has 47 heavy (non-hydrogen) atoms. The number of halogens is 4. The first-order valence-electron chi connectivity index (χ1n) is 15.9. The maximum atomic E-state index is 16.2. The van der Waals surface area contributed by atoms with Crippen molar-refractivity contribution in [3.63, 3.8) is 0 Å². The number of allylic oxidation sites excluding steroid dienone is 10. The molecule has 2 aliphatic carbocycles. The van der Waals surface area contributed by atoms with Crippen molar-refractivity contribution in [1.29, 1.82) is 0 Å². The van der Waals surface area contributed by atoms with Crippen LogP contribution in [0.2, 0.25) is 6.32 Å². The highest BCUT2D eigenvalue weighted by molar-refractivity contribution is 6.10. The van der Waals surface area contributed by atoms with Crippen LogP contribution in [0.25, 0.3) is 16.7 Å². The SMILES string of the molecule is [BH3-]CC1C(C)=C(c2c(C)cc(C)cc2C)C(C)=C1/C(=C1\CCC=C(C)C(c2c(C)cc(C)cc2C)=C1C)c1c(F)c(F)cc(F)c1F. The van der Waals surface area contributed by atoms with E-state index in [1.54, 1.807) is 0 Å². The second-order valence-corrected chi connectivity index (χ2v) is 13.3. The van der Waals surface area contributed by atoms with E-state index >= 15 is 17.6 Å². The first kappa shape index (κ1) is 34.5. The molecule has 0 saturated carbocycles. The van der Waals surface area contributed by atoms with Crippen LogP contribution < -0.4 is 0 Å². The van der Waals surface area contributed by atoms with Gasteiger partial charge in [-0.15, -0.1) is 0 Å². The van der Waals surface area contributed by atoms with E-state index in [4.69, 9.17) is 0 Å². The first-order chi connectivity index (χ1) is 22.1. The van der Waals surface area contributed by atoms with E-state index in [2.05, 4.69) is 85.7 Å². The van der Waals surface area contributed by atoms with Crippen LogP contribution in [0.5, 0.6) is 0 Å². The summed E-state index contributed by atoms with van der Waals surface area (Å²) in [6, 6.07) is 8.97. The fraction of sp³-hybridized carbons (Fsp3) is 0.333. The van der Waals surface area contributed by atoms with E-state index in [0.29, 0.717) is 24.5 Å². The largest absolute Gasteiger partial charge is 0.204 e. The Balaban J connectivity index is 1.98. The highest BCUT2D eigenvalue weighted by atomic mass is 19.2. The Morgan fingerprint density at radius 2 is 1.13 bits per heavy atom. The highest BCUT2D eigenvalue weighted by Gasteiger charge is 2.37. The smallest absolute Gasteiger partial charge is 0.169 e. The van der Waals surface area contributed by atoms with Gasteiger partial charge in [-0.2, -0.15) is 6.32 Å². The molecule has 0 saturated heterocycles. The molecule has 0 fully saturated rings. The van der Waals surface area contributed by atoms with Crippen molar-refractivity contribution in [2.45, 2.75) is 88.4 Å². The molecule has 0 heterocycles. The molecule has 0 N–H and O–H groups in total. The van der Waals surface area contributed by atoms with Crippen LogP contribution in [-0.4, -0.2) is 7.85 Å². The lowest BCUT2D eigenvalue weighted by atomic mass is 9.75. The Labute approximate surface area is 279 Å². The van der Waals surface area contributed by atoms with Gasteiger partial charge in [0, 0.05) is 6.07 Å². The number of hydrogen-bond donors (Lipinski definition) is 0. The van der Waals surface area contributed by atoms with Crippen molar-refractivity contribution in [2.75, 3.05) is 0 Å². The van der Waals surface area contributed by atoms with Gasteiger partial charge in [-0.1, -0.05) is 47.0 Å². The second-order valence-electron chi connectivity index (χ2n) is 13.3. The Bertz CT molecular complexity index is 1920. The van der Waals surface area contributed by atoms with E-state index in [1.807, 2.05) is 13.8 Å². The van der Waals surface area contributed by atoms with Crippen molar-refractivity contribution < 1.29 is 17.6 Å². The van der Waals surface area contributed by atoms with E-state index in [9.17, 15) is 0 Å². The Hall–Kier alpha value is -3.86. The van der Waals surface area contributed by atoms with Crippen LogP contribution in [0.3, 0.4) is 0 Å². The van der Waals surface area contributed by atoms with E-state index in [-0.39, 0.29) is 13.8 Å². The highest BCUT2D eigenvalue weighted by Crippen LogP contribution is 2.53. The zero-order valence-electron chi connectivity index (χ0n) is 28.7. The lowest BCUT2D eigenvalue weighted by Crippen LogP contribution is -2.12. The van der Waals surface area contributed by atoms with E-state index in [0.717, 1.165) is 89.8 Å². The molecule has 1 atom stereocenters. The molecule has 3 aromatic rings. The predicted octanol–water partition coefficient (Wildman–Crippen LogP) is 11.3. The molecule has 5 rings (SSSR count). The minimum atomic E-state index is -1.38. The van der Waals surface area contributed by atoms with Gasteiger partial charge >= 0.3 is 0 Å². The lowest BCUT2D eigenvalue weighted by Gasteiger charge is -2.27. The van der Waals surface area contributed by atoms with Crippen LogP contribution in [0, 0.1) is 70.7 Å². The fourth-order valence-electron chi connectivity index (χ4n) is 8.08. The zero-order valence-corrected chi connectivity index (χ0v) is 28.7. The average molecular weight is 638 g/mol. The monoisotopic (exact) mass is 637 g/mol. The number of hydrogen-bond acceptors (Lipinski definition) is 0. The predicted molar refractivity (Wildman–Crippen MR) is 194 cm³/mol. The van der Waals surface area contributed by atoms with E-state index in [1.165, 1.54) is 5.56 Å². The minimum Gasteiger partial charge on any atom is -0.204 e. The summed E-state index contributed by atoms with van der Waals surface area (Å²) in [5.41, 5.74) is 16.5. The standard InChI is InChI=1S/C42H46BF4/c1-20-14-23(4)34(24(5)15-20)36-22(3)12-11-13-30(27(36)8)39(40-41(46)32(44)18-33(45)42(40)47)38-29(10)37(28(9)31(38)19-43)35-25(6)16-21(2)17-26(35)7/h12,14-18,31H,11,13,19H2,1-10,43H3/q-1/b39-30-. The van der Waals surface area contributed by atoms with Crippen molar-refractivity contribution in [3.8, 4) is 0 Å². The summed E-state index contributed by atoms with van der Waals surface area (Å²) in [4.78, 5) is 0. The van der Waals surface area contributed by atoms with Gasteiger partial charge in [-0.3, -0.25) is 0 Å². The topological polar surface area (TPSA) is 0 Å². The third kappa shape index (κ3) is 5.81. The summed E-state index contributed by atoms with van der Waals surface area (Å²) >= 11 is 0. The Morgan fingerprint density at radius 1 is 0.660 bits per heavy atom. The molecular formula is C42H46BF4-. The van der Waals surface area contributed by atoms with Gasteiger partial charge in [0.2, 0.25) is 0 Å². The third-order valence-corrected chi connectivity index (χ3v) is 9.90. The summed E-state index contributed by atoms with van der Waals surface area (Å²) in [5.74, 6) is -5.53. The molecule has 0 aliphatic heterocycles. The summed E-state index contributed by atoms with van der Waals surface area (Å²) in [7, 11) is -0.162. The normalized spacial score (nSPS) is 18.4. The minimum absolute atomic E-state index is 0.0888. The van der Waals surface area contributed by atoms with Gasteiger partial charge in [0.1, 0.15) is 0 Å². The quantitative estimate of drug-likeness (QED) is 0.148. The summed E-state index contributed by atoms with van der Waals surface area (Å²) in [5, 5.41) is 0. The average Bonchev–Trinajstić information content (AvgIpc) is 3.12. The number of aryl methyl sites for hydroxylation is 6. The summed E-state index contributed by atoms with van der Waals surface area (Å²) in [6.45, 7) is 20.8. The molecule has 5 heteroatoms. The van der Waals surface area contributed by atoms with Gasteiger partial charge in [0.05, 0.1) is 5.56 Å². The molecule has 0 radical (unpaired) electrons. The van der Waals surface area contributed by atoms with Crippen LogP contribution in [0.15, 0.2) is 69.8 Å². The van der Waals surface area contributed by atoms with Gasteiger partial charge in [0.15, 0.2) is 23.3 Å². The summed E-state index contributed by atoms with van der Waals surface area (Å²) < 4.78 is 62.7. The van der Waals surface area contributed by atoms with Crippen molar-refractivity contribution >= 4 is 24.6 Å². The fourth-order valence-corrected chi connectivity index (χ4v) is 8.08. The zero-order chi connectivity index (χ0) is 34.6. The lowest BCUT2D eigenvalue weighted by molar-refractivity contribution is 0.450. The van der Waals surface area contributed by atoms with Crippen molar-refractivity contribution in [2.24, 2.45) is 5.92 Å². The molecule has 1 unspecified atom stereocenters. The van der Waals surface area contributed by atoms with Crippen molar-refractivity contribution in [1.82, 2.24) is 0 Å². The Kier molecular flexibility index (Phi) is 9.52. The molecule has 2 aliphatic rings. The number of benzene rings is 3. The molecule has 246 valence electrons.